The first-order chi connectivity index (χ1) is 7.13. The molecule has 3 heteroatoms. The Morgan fingerprint density at radius 2 is 1.73 bits per heavy atom. The summed E-state index contributed by atoms with van der Waals surface area (Å²) in [5, 5.41) is 19.9. The molecule has 0 radical (unpaired) electrons. The Hall–Kier alpha value is -0.570. The first-order valence-corrected chi connectivity index (χ1v) is 5.62. The molecular weight excluding hydrogens is 212 g/mol. The van der Waals surface area contributed by atoms with Gasteiger partial charge in [-0.15, -0.1) is 0 Å². The smallest absolute Gasteiger partial charge is 0.0839 e. The van der Waals surface area contributed by atoms with Crippen molar-refractivity contribution < 1.29 is 10.2 Å². The molecule has 0 aliphatic heterocycles. The third kappa shape index (κ3) is 4.20. The van der Waals surface area contributed by atoms with Gasteiger partial charge in [0.05, 0.1) is 12.2 Å². The Kier molecular flexibility index (Phi) is 5.09. The number of aliphatic hydroxyl groups is 2. The van der Waals surface area contributed by atoms with Crippen LogP contribution in [-0.4, -0.2) is 22.4 Å². The molecule has 0 bridgehead atoms. The second-order valence-electron chi connectivity index (χ2n) is 3.75. The van der Waals surface area contributed by atoms with Crippen LogP contribution in [0.3, 0.4) is 0 Å². The van der Waals surface area contributed by atoms with Crippen molar-refractivity contribution in [1.82, 2.24) is 0 Å². The highest BCUT2D eigenvalue weighted by molar-refractivity contribution is 6.30. The fourth-order valence-electron chi connectivity index (χ4n) is 1.49. The average Bonchev–Trinajstić information content (AvgIpc) is 2.22. The van der Waals surface area contributed by atoms with Gasteiger partial charge in [-0.25, -0.2) is 0 Å². The molecule has 0 aliphatic rings. The summed E-state index contributed by atoms with van der Waals surface area (Å²) in [5.41, 5.74) is 0.988. The van der Waals surface area contributed by atoms with Gasteiger partial charge in [0.1, 0.15) is 0 Å². The lowest BCUT2D eigenvalue weighted by Gasteiger charge is -2.17. The summed E-state index contributed by atoms with van der Waals surface area (Å²) in [4.78, 5) is 0. The first-order valence-electron chi connectivity index (χ1n) is 5.24. The zero-order chi connectivity index (χ0) is 11.3. The topological polar surface area (TPSA) is 40.5 Å². The summed E-state index contributed by atoms with van der Waals surface area (Å²) < 4.78 is 0. The number of halogens is 1. The van der Waals surface area contributed by atoms with Crippen LogP contribution in [0.4, 0.5) is 0 Å². The molecule has 84 valence electrons. The predicted octanol–water partition coefficient (Wildman–Crippen LogP) is 2.40. The summed E-state index contributed by atoms with van der Waals surface area (Å²) in [5.74, 6) is 0. The number of hydrogen-bond acceptors (Lipinski definition) is 2. The standard InChI is InChI=1S/C12H17ClO2/c1-2-3-11(14)12(15)8-9-4-6-10(13)7-5-9/h4-7,11-12,14-15H,2-3,8H2,1H3. The van der Waals surface area contributed by atoms with Gasteiger partial charge in [-0.05, 0) is 24.1 Å². The van der Waals surface area contributed by atoms with Crippen LogP contribution in [-0.2, 0) is 6.42 Å². The van der Waals surface area contributed by atoms with Crippen molar-refractivity contribution in [2.24, 2.45) is 0 Å². The van der Waals surface area contributed by atoms with Crippen LogP contribution in [0.25, 0.3) is 0 Å². The van der Waals surface area contributed by atoms with Gasteiger partial charge in [-0.2, -0.15) is 0 Å². The molecule has 0 saturated heterocycles. The van der Waals surface area contributed by atoms with E-state index < -0.39 is 12.2 Å². The molecular formula is C12H17ClO2. The third-order valence-electron chi connectivity index (χ3n) is 2.39. The van der Waals surface area contributed by atoms with Crippen LogP contribution in [0.1, 0.15) is 25.3 Å². The maximum absolute atomic E-state index is 9.69. The molecule has 2 N–H and O–H groups in total. The Labute approximate surface area is 95.5 Å². The van der Waals surface area contributed by atoms with E-state index in [1.807, 2.05) is 19.1 Å². The lowest BCUT2D eigenvalue weighted by atomic mass is 10.0. The van der Waals surface area contributed by atoms with E-state index in [1.165, 1.54) is 0 Å². The molecule has 0 spiro atoms. The van der Waals surface area contributed by atoms with Crippen LogP contribution in [0.5, 0.6) is 0 Å². The summed E-state index contributed by atoms with van der Waals surface area (Å²) >= 11 is 5.75. The van der Waals surface area contributed by atoms with Gasteiger partial charge >= 0.3 is 0 Å². The molecule has 15 heavy (non-hydrogen) atoms. The highest BCUT2D eigenvalue weighted by Gasteiger charge is 2.15. The Balaban J connectivity index is 2.50. The molecule has 0 aliphatic carbocycles. The van der Waals surface area contributed by atoms with E-state index in [0.717, 1.165) is 12.0 Å². The predicted molar refractivity (Wildman–Crippen MR) is 62.1 cm³/mol. The second kappa shape index (κ2) is 6.11. The van der Waals surface area contributed by atoms with E-state index >= 15 is 0 Å². The van der Waals surface area contributed by atoms with Gasteiger partial charge in [0, 0.05) is 11.4 Å². The summed E-state index contributed by atoms with van der Waals surface area (Å²) in [6.45, 7) is 1.98. The molecule has 0 amide bonds. The van der Waals surface area contributed by atoms with Crippen LogP contribution >= 0.6 is 11.6 Å². The van der Waals surface area contributed by atoms with Crippen LogP contribution < -0.4 is 0 Å². The van der Waals surface area contributed by atoms with Crippen molar-refractivity contribution in [3.05, 3.63) is 34.9 Å². The quantitative estimate of drug-likeness (QED) is 0.813. The van der Waals surface area contributed by atoms with Crippen molar-refractivity contribution in [3.8, 4) is 0 Å². The van der Waals surface area contributed by atoms with E-state index in [9.17, 15) is 10.2 Å². The van der Waals surface area contributed by atoms with Crippen LogP contribution in [0.15, 0.2) is 24.3 Å². The third-order valence-corrected chi connectivity index (χ3v) is 2.64. The number of aliphatic hydroxyl groups excluding tert-OH is 2. The van der Waals surface area contributed by atoms with E-state index in [2.05, 4.69) is 0 Å². The Morgan fingerprint density at radius 1 is 1.13 bits per heavy atom. The zero-order valence-electron chi connectivity index (χ0n) is 8.86. The fourth-order valence-corrected chi connectivity index (χ4v) is 1.61. The molecule has 0 fully saturated rings. The van der Waals surface area contributed by atoms with Crippen molar-refractivity contribution in [2.75, 3.05) is 0 Å². The lowest BCUT2D eigenvalue weighted by molar-refractivity contribution is 0.0148. The van der Waals surface area contributed by atoms with E-state index in [4.69, 9.17) is 11.6 Å². The van der Waals surface area contributed by atoms with Crippen molar-refractivity contribution >= 4 is 11.6 Å². The van der Waals surface area contributed by atoms with Gasteiger partial charge in [-0.1, -0.05) is 37.1 Å². The molecule has 0 aromatic heterocycles. The molecule has 2 nitrogen and oxygen atoms in total. The molecule has 1 aromatic carbocycles. The van der Waals surface area contributed by atoms with E-state index in [0.29, 0.717) is 17.9 Å². The Bertz CT molecular complexity index is 284. The normalized spacial score (nSPS) is 14.9. The van der Waals surface area contributed by atoms with E-state index in [-0.39, 0.29) is 0 Å². The monoisotopic (exact) mass is 228 g/mol. The highest BCUT2D eigenvalue weighted by Crippen LogP contribution is 2.13. The maximum Gasteiger partial charge on any atom is 0.0839 e. The minimum Gasteiger partial charge on any atom is -0.390 e. The molecule has 1 rings (SSSR count). The first kappa shape index (κ1) is 12.5. The van der Waals surface area contributed by atoms with Crippen LogP contribution in [0.2, 0.25) is 5.02 Å². The van der Waals surface area contributed by atoms with Gasteiger partial charge in [0.25, 0.3) is 0 Å². The van der Waals surface area contributed by atoms with Crippen molar-refractivity contribution in [3.63, 3.8) is 0 Å². The maximum atomic E-state index is 9.69. The van der Waals surface area contributed by atoms with Gasteiger partial charge in [0.2, 0.25) is 0 Å². The van der Waals surface area contributed by atoms with Crippen LogP contribution in [0, 0.1) is 0 Å². The second-order valence-corrected chi connectivity index (χ2v) is 4.19. The zero-order valence-corrected chi connectivity index (χ0v) is 9.61. The number of rotatable bonds is 5. The molecule has 0 saturated carbocycles. The molecule has 0 heterocycles. The molecule has 2 unspecified atom stereocenters. The summed E-state index contributed by atoms with van der Waals surface area (Å²) in [6.07, 6.45) is 0.656. The molecule has 1 aromatic rings. The van der Waals surface area contributed by atoms with E-state index in [1.54, 1.807) is 12.1 Å². The number of hydrogen-bond donors (Lipinski definition) is 2. The largest absolute Gasteiger partial charge is 0.390 e. The molecule has 2 atom stereocenters. The SMILES string of the molecule is CCCC(O)C(O)Cc1ccc(Cl)cc1. The van der Waals surface area contributed by atoms with Gasteiger partial charge in [-0.3, -0.25) is 0 Å². The van der Waals surface area contributed by atoms with Gasteiger partial charge in [0.15, 0.2) is 0 Å². The lowest BCUT2D eigenvalue weighted by Crippen LogP contribution is -2.27. The minimum atomic E-state index is -0.689. The fraction of sp³-hybridized carbons (Fsp3) is 0.500. The Morgan fingerprint density at radius 3 is 2.27 bits per heavy atom. The summed E-state index contributed by atoms with van der Waals surface area (Å²) in [7, 11) is 0. The number of benzene rings is 1. The van der Waals surface area contributed by atoms with Crippen molar-refractivity contribution in [1.29, 1.82) is 0 Å². The van der Waals surface area contributed by atoms with Gasteiger partial charge < -0.3 is 10.2 Å². The average molecular weight is 229 g/mol. The highest BCUT2D eigenvalue weighted by atomic mass is 35.5. The summed E-state index contributed by atoms with van der Waals surface area (Å²) in [6, 6.07) is 7.31. The van der Waals surface area contributed by atoms with Crippen molar-refractivity contribution in [2.45, 2.75) is 38.4 Å². The minimum absolute atomic E-state index is 0.471.